The van der Waals surface area contributed by atoms with E-state index in [0.29, 0.717) is 80.8 Å². The summed E-state index contributed by atoms with van der Waals surface area (Å²) in [6.07, 6.45) is 25.3. The Bertz CT molecular complexity index is 3670. The molecular formula is C76H106N10O13. The van der Waals surface area contributed by atoms with Gasteiger partial charge in [-0.1, -0.05) is 12.8 Å². The van der Waals surface area contributed by atoms with E-state index in [4.69, 9.17) is 57.3 Å². The molecule has 8 fully saturated rings. The molecule has 4 aromatic heterocycles. The van der Waals surface area contributed by atoms with Crippen LogP contribution in [0.1, 0.15) is 167 Å². The van der Waals surface area contributed by atoms with Crippen molar-refractivity contribution in [3.63, 3.8) is 0 Å². The molecule has 8 atom stereocenters. The molecule has 2 aromatic carbocycles. The first kappa shape index (κ1) is 71.7. The fraction of sp³-hybridized carbons (Fsp3) is 0.645. The van der Waals surface area contributed by atoms with Crippen molar-refractivity contribution < 1.29 is 61.8 Å². The molecule has 0 spiro atoms. The second-order valence-electron chi connectivity index (χ2n) is 29.4. The summed E-state index contributed by atoms with van der Waals surface area (Å²) < 4.78 is 63.0. The number of nitrogens with one attached hydrogen (secondary N) is 3. The highest BCUT2D eigenvalue weighted by molar-refractivity contribution is 5.88. The van der Waals surface area contributed by atoms with Crippen LogP contribution in [-0.4, -0.2) is 162 Å². The number of hydrogen-bond donors (Lipinski definition) is 3. The van der Waals surface area contributed by atoms with Gasteiger partial charge < -0.3 is 77.2 Å². The van der Waals surface area contributed by atoms with Crippen LogP contribution in [0.25, 0.3) is 22.1 Å². The number of nitrogens with zero attached hydrogens (tertiary/aromatic N) is 7. The third-order valence-corrected chi connectivity index (χ3v) is 22.0. The normalized spacial score (nSPS) is 27.0. The van der Waals surface area contributed by atoms with Crippen molar-refractivity contribution in [2.24, 2.45) is 35.5 Å². The molecule has 538 valence electrons. The number of anilines is 2. The van der Waals surface area contributed by atoms with E-state index < -0.39 is 11.6 Å². The molecule has 2 aliphatic heterocycles. The number of benzene rings is 2. The van der Waals surface area contributed by atoms with Gasteiger partial charge in [0.15, 0.2) is 11.6 Å². The monoisotopic (exact) mass is 1370 g/mol. The van der Waals surface area contributed by atoms with E-state index in [-0.39, 0.29) is 48.4 Å². The molecule has 99 heavy (non-hydrogen) atoms. The minimum atomic E-state index is -0.637. The first-order chi connectivity index (χ1) is 48.0. The molecule has 6 aromatic rings. The quantitative estimate of drug-likeness (QED) is 0.0292. The lowest BCUT2D eigenvalue weighted by Crippen LogP contribution is -2.50. The zero-order valence-electron chi connectivity index (χ0n) is 59.8. The maximum atomic E-state index is 12.0. The van der Waals surface area contributed by atoms with E-state index in [1.54, 1.807) is 41.1 Å². The Hall–Kier alpha value is -7.15. The average Bonchev–Trinajstić information content (AvgIpc) is 1.59. The van der Waals surface area contributed by atoms with Gasteiger partial charge in [-0.2, -0.15) is 0 Å². The molecule has 6 heterocycles. The van der Waals surface area contributed by atoms with Gasteiger partial charge >= 0.3 is 11.9 Å². The Morgan fingerprint density at radius 2 is 1.07 bits per heavy atom. The predicted molar refractivity (Wildman–Crippen MR) is 376 cm³/mol. The lowest BCUT2D eigenvalue weighted by molar-refractivity contribution is -0.161. The molecule has 0 radical (unpaired) electrons. The van der Waals surface area contributed by atoms with Crippen LogP contribution >= 0.6 is 0 Å². The highest BCUT2D eigenvalue weighted by Crippen LogP contribution is 2.51. The Morgan fingerprint density at radius 3 is 1.52 bits per heavy atom. The fourth-order valence-electron chi connectivity index (χ4n) is 16.2. The maximum absolute atomic E-state index is 12.0. The number of fused-ring (bicyclic) bond motifs is 4. The highest BCUT2D eigenvalue weighted by Gasteiger charge is 2.57. The Labute approximate surface area is 583 Å². The van der Waals surface area contributed by atoms with E-state index >= 15 is 0 Å². The van der Waals surface area contributed by atoms with Crippen LogP contribution in [0.5, 0.6) is 23.0 Å². The fourth-order valence-corrected chi connectivity index (χ4v) is 16.2. The summed E-state index contributed by atoms with van der Waals surface area (Å²) in [7, 11) is 6.63. The van der Waals surface area contributed by atoms with Gasteiger partial charge in [0.2, 0.25) is 0 Å². The molecule has 0 amide bonds. The number of aldehydes is 1. The number of methoxy groups -OCH3 is 4. The van der Waals surface area contributed by atoms with Gasteiger partial charge in [-0.25, -0.2) is 19.9 Å². The zero-order chi connectivity index (χ0) is 69.4. The van der Waals surface area contributed by atoms with E-state index in [1.807, 2.05) is 77.9 Å². The number of ether oxygens (including phenoxy) is 10. The summed E-state index contributed by atoms with van der Waals surface area (Å²) in [6.45, 7) is 16.8. The molecule has 6 saturated carbocycles. The van der Waals surface area contributed by atoms with Gasteiger partial charge in [-0.15, -0.1) is 0 Å². The highest BCUT2D eigenvalue weighted by atomic mass is 16.8. The number of esters is 2. The molecule has 6 aliphatic carbocycles. The summed E-state index contributed by atoms with van der Waals surface area (Å²) in [5, 5.41) is 12.7. The largest absolute Gasteiger partial charge is 0.497 e. The number of carbonyl (C=O) groups is 3. The summed E-state index contributed by atoms with van der Waals surface area (Å²) in [5.41, 5.74) is 3.78. The minimum absolute atomic E-state index is 0.00149. The summed E-state index contributed by atoms with van der Waals surface area (Å²) in [5.74, 6) is 6.22. The van der Waals surface area contributed by atoms with Gasteiger partial charge in [-0.05, 0) is 173 Å². The van der Waals surface area contributed by atoms with E-state index in [1.165, 1.54) is 25.7 Å². The van der Waals surface area contributed by atoms with Gasteiger partial charge in [0.1, 0.15) is 77.1 Å². The third-order valence-electron chi connectivity index (χ3n) is 22.0. The molecule has 2 saturated heterocycles. The second kappa shape index (κ2) is 32.2. The molecule has 14 rings (SSSR count). The van der Waals surface area contributed by atoms with Crippen LogP contribution in [-0.2, 0) is 55.9 Å². The molecule has 23 heteroatoms. The van der Waals surface area contributed by atoms with Crippen LogP contribution in [0, 0.1) is 35.5 Å². The van der Waals surface area contributed by atoms with E-state index in [9.17, 15) is 14.4 Å². The standard InChI is InChI=1S/C38H53N5O6.C33H45N5O6.C5H8O/c1-6-47-33(44)13-10-25-16-28(17-25)42(21-24-8-7-9-24)22-27-18-31(35-34(27)48-38(2,3)49-35)43-15-14-30-36(40-23-41-37(30)43)39-20-26-11-12-29(45-4)19-32(26)46-5;1-6-42-28(39)10-7-20-13-23(14-20)34-18-22-15-26(30-29(22)43-33(2,3)44-30)38-12-11-25-31(36-19-37-32(25)38)35-17-21-8-9-24(40-4)16-27(21)41-5;6-4-5-2-1-3-5/h11-12,14-15,19,23-25,27-28,31,34-35H,6-10,13,16-18,20-22H2,1-5H3,(H,39,40,41);8-9,11-12,16,19-20,22-23,26,29-30,34H,6-7,10,13-15,17-18H2,1-5H3,(H,35,36,37);4-5H,1-3H2/t25?,27-,28?,31-,34-,35+;20?,22-,23?,26-,29-,30+;/m11./s1. The van der Waals surface area contributed by atoms with E-state index in [2.05, 4.69) is 64.5 Å². The zero-order valence-corrected chi connectivity index (χ0v) is 59.8. The summed E-state index contributed by atoms with van der Waals surface area (Å²) in [4.78, 5) is 54.9. The van der Waals surface area contributed by atoms with Crippen molar-refractivity contribution >= 4 is 51.9 Å². The first-order valence-electron chi connectivity index (χ1n) is 36.4. The first-order valence-corrected chi connectivity index (χ1v) is 36.4. The van der Waals surface area contributed by atoms with Gasteiger partial charge in [0.25, 0.3) is 0 Å². The van der Waals surface area contributed by atoms with Crippen molar-refractivity contribution in [2.45, 2.75) is 218 Å². The lowest BCUT2D eigenvalue weighted by Gasteiger charge is -2.46. The third kappa shape index (κ3) is 16.9. The number of carbonyl (C=O) groups excluding carboxylic acids is 3. The molecule has 8 aliphatic rings. The van der Waals surface area contributed by atoms with Gasteiger partial charge in [0, 0.05) is 111 Å². The smallest absolute Gasteiger partial charge is 0.305 e. The van der Waals surface area contributed by atoms with Crippen molar-refractivity contribution in [3.8, 4) is 23.0 Å². The SMILES string of the molecule is CCOC(=O)CCC1CC(N(CC2CCC2)C[C@H]2C[C@@H](n3ccc4c(NCc5ccc(OC)cc5OC)ncnc43)[C@@H]3OC(C)(C)O[C@H]23)C1.CCOC(=O)CCC1CC(NC[C@H]2C[C@@H](n3ccc4c(NCc5ccc(OC)cc5OC)ncnc43)[C@@H]3OC(C)(C)O[C@H]23)C1.O=CC1CCC1. The van der Waals surface area contributed by atoms with Crippen LogP contribution < -0.4 is 34.9 Å². The van der Waals surface area contributed by atoms with Crippen molar-refractivity contribution in [1.29, 1.82) is 0 Å². The topological polar surface area (TPSA) is 244 Å². The molecular weight excluding hydrogens is 1260 g/mol. The van der Waals surface area contributed by atoms with Gasteiger partial charge in [0.05, 0.1) is 76.7 Å². The second-order valence-corrected chi connectivity index (χ2v) is 29.4. The molecule has 23 nitrogen and oxygen atoms in total. The number of aromatic nitrogens is 6. The summed E-state index contributed by atoms with van der Waals surface area (Å²) >= 11 is 0. The van der Waals surface area contributed by atoms with Crippen LogP contribution in [0.3, 0.4) is 0 Å². The molecule has 0 unspecified atom stereocenters. The van der Waals surface area contributed by atoms with Crippen molar-refractivity contribution in [3.05, 3.63) is 84.7 Å². The van der Waals surface area contributed by atoms with Crippen molar-refractivity contribution in [2.75, 3.05) is 71.9 Å². The van der Waals surface area contributed by atoms with E-state index in [0.717, 1.165) is 164 Å². The minimum Gasteiger partial charge on any atom is -0.497 e. The Balaban J connectivity index is 0.000000174. The number of hydrogen-bond acceptors (Lipinski definition) is 21. The van der Waals surface area contributed by atoms with Crippen molar-refractivity contribution in [1.82, 2.24) is 39.3 Å². The van der Waals surface area contributed by atoms with Gasteiger partial charge in [-0.3, -0.25) is 14.5 Å². The molecule has 3 N–H and O–H groups in total. The Morgan fingerprint density at radius 1 is 0.586 bits per heavy atom. The predicted octanol–water partition coefficient (Wildman–Crippen LogP) is 12.2. The average molecular weight is 1370 g/mol. The lowest BCUT2D eigenvalue weighted by atomic mass is 9.75. The molecule has 0 bridgehead atoms. The number of rotatable bonds is 29. The van der Waals surface area contributed by atoms with Crippen LogP contribution in [0.4, 0.5) is 11.6 Å². The summed E-state index contributed by atoms with van der Waals surface area (Å²) in [6, 6.07) is 17.1. The maximum Gasteiger partial charge on any atom is 0.305 e. The van der Waals surface area contributed by atoms with Crippen LogP contribution in [0.2, 0.25) is 0 Å². The van der Waals surface area contributed by atoms with Crippen LogP contribution in [0.15, 0.2) is 73.6 Å². The Kier molecular flexibility index (Phi) is 23.3.